The molecule has 0 amide bonds. The van der Waals surface area contributed by atoms with E-state index < -0.39 is 0 Å². The van der Waals surface area contributed by atoms with E-state index in [0.717, 1.165) is 16.9 Å². The van der Waals surface area contributed by atoms with Crippen molar-refractivity contribution in [3.63, 3.8) is 0 Å². The monoisotopic (exact) mass is 267 g/mol. The quantitative estimate of drug-likeness (QED) is 0.902. The van der Waals surface area contributed by atoms with Gasteiger partial charge < -0.3 is 5.73 Å². The molecule has 18 heavy (non-hydrogen) atoms. The Labute approximate surface area is 110 Å². The Balaban J connectivity index is 2.61. The van der Waals surface area contributed by atoms with Crippen molar-refractivity contribution in [2.45, 2.75) is 26.7 Å². The first-order valence-electron chi connectivity index (χ1n) is 5.72. The molecule has 1 heterocycles. The maximum Gasteiger partial charge on any atom is 0.146 e. The molecule has 5 heteroatoms. The van der Waals surface area contributed by atoms with Crippen LogP contribution in [0.1, 0.15) is 31.0 Å². The molecule has 0 saturated heterocycles. The van der Waals surface area contributed by atoms with Gasteiger partial charge in [0, 0.05) is 0 Å². The molecule has 0 radical (unpaired) electrons. The molecule has 0 fully saturated rings. The van der Waals surface area contributed by atoms with E-state index in [1.165, 1.54) is 12.1 Å². The predicted octanol–water partition coefficient (Wildman–Crippen LogP) is 3.68. The Hall–Kier alpha value is -1.55. The molecular weight excluding hydrogens is 253 g/mol. The van der Waals surface area contributed by atoms with Crippen molar-refractivity contribution in [2.24, 2.45) is 0 Å². The standard InChI is InChI=1S/C13H15ClFN3/c1-7(2)12-11(14)13(16)18(17-12)10-5-4-9(15)6-8(10)3/h4-7H,16H2,1-3H3. The molecule has 0 atom stereocenters. The number of benzene rings is 1. The van der Waals surface area contributed by atoms with E-state index in [9.17, 15) is 4.39 Å². The van der Waals surface area contributed by atoms with Gasteiger partial charge in [-0.1, -0.05) is 25.4 Å². The molecule has 0 aliphatic heterocycles. The number of nitrogens with zero attached hydrogens (tertiary/aromatic N) is 2. The third-order valence-corrected chi connectivity index (χ3v) is 3.21. The summed E-state index contributed by atoms with van der Waals surface area (Å²) in [6.45, 7) is 5.80. The van der Waals surface area contributed by atoms with Crippen LogP contribution in [0.4, 0.5) is 10.2 Å². The van der Waals surface area contributed by atoms with Gasteiger partial charge in [-0.25, -0.2) is 9.07 Å². The molecule has 0 aliphatic carbocycles. The van der Waals surface area contributed by atoms with E-state index in [1.807, 2.05) is 20.8 Å². The van der Waals surface area contributed by atoms with Gasteiger partial charge in [0.05, 0.1) is 11.4 Å². The number of hydrogen-bond acceptors (Lipinski definition) is 2. The van der Waals surface area contributed by atoms with Gasteiger partial charge in [0.2, 0.25) is 0 Å². The van der Waals surface area contributed by atoms with E-state index in [-0.39, 0.29) is 11.7 Å². The Morgan fingerprint density at radius 3 is 2.56 bits per heavy atom. The average molecular weight is 268 g/mol. The molecule has 2 rings (SSSR count). The Bertz CT molecular complexity index is 590. The lowest BCUT2D eigenvalue weighted by Gasteiger charge is -2.07. The summed E-state index contributed by atoms with van der Waals surface area (Å²) in [4.78, 5) is 0. The third kappa shape index (κ3) is 2.08. The van der Waals surface area contributed by atoms with Crippen molar-refractivity contribution >= 4 is 17.4 Å². The number of aromatic nitrogens is 2. The van der Waals surface area contributed by atoms with Crippen molar-refractivity contribution in [3.8, 4) is 5.69 Å². The SMILES string of the molecule is Cc1cc(F)ccc1-n1nc(C(C)C)c(Cl)c1N. The Kier molecular flexibility index (Phi) is 3.30. The normalized spacial score (nSPS) is 11.2. The van der Waals surface area contributed by atoms with E-state index in [2.05, 4.69) is 5.10 Å². The summed E-state index contributed by atoms with van der Waals surface area (Å²) in [5.41, 5.74) is 8.20. The fraction of sp³-hybridized carbons (Fsp3) is 0.308. The highest BCUT2D eigenvalue weighted by molar-refractivity contribution is 6.33. The van der Waals surface area contributed by atoms with Crippen LogP contribution >= 0.6 is 11.6 Å². The van der Waals surface area contributed by atoms with Crippen LogP contribution in [0.15, 0.2) is 18.2 Å². The number of anilines is 1. The summed E-state index contributed by atoms with van der Waals surface area (Å²) < 4.78 is 14.7. The first kappa shape index (κ1) is 12.9. The zero-order valence-corrected chi connectivity index (χ0v) is 11.3. The molecule has 0 aliphatic rings. The lowest BCUT2D eigenvalue weighted by atomic mass is 10.1. The number of halogens is 2. The lowest BCUT2D eigenvalue weighted by molar-refractivity contribution is 0.625. The van der Waals surface area contributed by atoms with Gasteiger partial charge in [-0.2, -0.15) is 5.10 Å². The highest BCUT2D eigenvalue weighted by atomic mass is 35.5. The van der Waals surface area contributed by atoms with Crippen LogP contribution in [0.3, 0.4) is 0 Å². The van der Waals surface area contributed by atoms with E-state index in [0.29, 0.717) is 10.8 Å². The van der Waals surface area contributed by atoms with Gasteiger partial charge in [-0.05, 0) is 36.6 Å². The smallest absolute Gasteiger partial charge is 0.146 e. The van der Waals surface area contributed by atoms with Gasteiger partial charge in [0.1, 0.15) is 16.7 Å². The van der Waals surface area contributed by atoms with Crippen molar-refractivity contribution in [3.05, 3.63) is 40.3 Å². The van der Waals surface area contributed by atoms with Crippen LogP contribution < -0.4 is 5.73 Å². The van der Waals surface area contributed by atoms with Crippen molar-refractivity contribution in [1.29, 1.82) is 0 Å². The summed E-state index contributed by atoms with van der Waals surface area (Å²) in [6.07, 6.45) is 0. The molecule has 2 N–H and O–H groups in total. The zero-order valence-electron chi connectivity index (χ0n) is 10.5. The largest absolute Gasteiger partial charge is 0.382 e. The Morgan fingerprint density at radius 2 is 2.06 bits per heavy atom. The number of hydrogen-bond donors (Lipinski definition) is 1. The average Bonchev–Trinajstić information content (AvgIpc) is 2.57. The molecule has 3 nitrogen and oxygen atoms in total. The topological polar surface area (TPSA) is 43.8 Å². The maximum atomic E-state index is 13.1. The minimum Gasteiger partial charge on any atom is -0.382 e. The number of nitrogens with two attached hydrogens (primary N) is 1. The molecule has 0 unspecified atom stereocenters. The molecule has 96 valence electrons. The second kappa shape index (κ2) is 4.61. The molecular formula is C13H15ClFN3. The fourth-order valence-corrected chi connectivity index (χ4v) is 2.17. The van der Waals surface area contributed by atoms with Gasteiger partial charge in [0.25, 0.3) is 0 Å². The van der Waals surface area contributed by atoms with Crippen LogP contribution in [-0.4, -0.2) is 9.78 Å². The van der Waals surface area contributed by atoms with E-state index >= 15 is 0 Å². The van der Waals surface area contributed by atoms with Gasteiger partial charge in [-0.3, -0.25) is 0 Å². The minimum absolute atomic E-state index is 0.182. The minimum atomic E-state index is -0.280. The molecule has 2 aromatic rings. The highest BCUT2D eigenvalue weighted by Crippen LogP contribution is 2.31. The second-order valence-electron chi connectivity index (χ2n) is 4.58. The number of aryl methyl sites for hydroxylation is 1. The zero-order chi connectivity index (χ0) is 13.4. The summed E-state index contributed by atoms with van der Waals surface area (Å²) >= 11 is 6.16. The van der Waals surface area contributed by atoms with Crippen molar-refractivity contribution < 1.29 is 4.39 Å². The van der Waals surface area contributed by atoms with Crippen LogP contribution in [0.5, 0.6) is 0 Å². The predicted molar refractivity (Wildman–Crippen MR) is 71.8 cm³/mol. The highest BCUT2D eigenvalue weighted by Gasteiger charge is 2.18. The number of rotatable bonds is 2. The molecule has 1 aromatic heterocycles. The van der Waals surface area contributed by atoms with Gasteiger partial charge in [0.15, 0.2) is 0 Å². The Morgan fingerprint density at radius 1 is 1.39 bits per heavy atom. The summed E-state index contributed by atoms with van der Waals surface area (Å²) in [7, 11) is 0. The van der Waals surface area contributed by atoms with E-state index in [4.69, 9.17) is 17.3 Å². The van der Waals surface area contributed by atoms with Gasteiger partial charge >= 0.3 is 0 Å². The van der Waals surface area contributed by atoms with Crippen LogP contribution in [0.25, 0.3) is 5.69 Å². The third-order valence-electron chi connectivity index (χ3n) is 2.82. The van der Waals surface area contributed by atoms with Crippen LogP contribution in [-0.2, 0) is 0 Å². The van der Waals surface area contributed by atoms with Crippen molar-refractivity contribution in [1.82, 2.24) is 9.78 Å². The van der Waals surface area contributed by atoms with E-state index in [1.54, 1.807) is 10.7 Å². The molecule has 1 aromatic carbocycles. The second-order valence-corrected chi connectivity index (χ2v) is 4.96. The summed E-state index contributed by atoms with van der Waals surface area (Å²) in [6, 6.07) is 4.47. The molecule has 0 spiro atoms. The molecule has 0 bridgehead atoms. The summed E-state index contributed by atoms with van der Waals surface area (Å²) in [5, 5.41) is 4.87. The van der Waals surface area contributed by atoms with Gasteiger partial charge in [-0.15, -0.1) is 0 Å². The number of nitrogen functional groups attached to an aromatic ring is 1. The van der Waals surface area contributed by atoms with Crippen molar-refractivity contribution in [2.75, 3.05) is 5.73 Å². The first-order valence-corrected chi connectivity index (χ1v) is 6.10. The van der Waals surface area contributed by atoms with Crippen LogP contribution in [0.2, 0.25) is 5.02 Å². The first-order chi connectivity index (χ1) is 8.41. The molecule has 0 saturated carbocycles. The van der Waals surface area contributed by atoms with Crippen LogP contribution in [0, 0.1) is 12.7 Å². The fourth-order valence-electron chi connectivity index (χ4n) is 1.84. The lowest BCUT2D eigenvalue weighted by Crippen LogP contribution is -2.04. The maximum absolute atomic E-state index is 13.1. The summed E-state index contributed by atoms with van der Waals surface area (Å²) in [5.74, 6) is 0.286.